The van der Waals surface area contributed by atoms with E-state index in [-0.39, 0.29) is 24.3 Å². The zero-order valence-electron chi connectivity index (χ0n) is 13.5. The number of hydrogen-bond acceptors (Lipinski definition) is 3. The summed E-state index contributed by atoms with van der Waals surface area (Å²) in [5, 5.41) is 2.95. The second-order valence-corrected chi connectivity index (χ2v) is 6.24. The summed E-state index contributed by atoms with van der Waals surface area (Å²) in [5.41, 5.74) is 1.80. The predicted molar refractivity (Wildman–Crippen MR) is 94.3 cm³/mol. The summed E-state index contributed by atoms with van der Waals surface area (Å²) in [4.78, 5) is 15.2. The number of para-hydroxylation sites is 1. The number of carbonyl (C=O) groups is 1. The van der Waals surface area contributed by atoms with Crippen LogP contribution in [0.2, 0.25) is 0 Å². The van der Waals surface area contributed by atoms with E-state index in [0.29, 0.717) is 0 Å². The molecule has 2 rings (SSSR count). The first kappa shape index (κ1) is 17.5. The van der Waals surface area contributed by atoms with Crippen LogP contribution in [-0.2, 0) is 4.79 Å². The van der Waals surface area contributed by atoms with Crippen LogP contribution >= 0.6 is 11.8 Å². The van der Waals surface area contributed by atoms with Gasteiger partial charge in [0.1, 0.15) is 5.82 Å². The maximum atomic E-state index is 13.0. The van der Waals surface area contributed by atoms with Crippen molar-refractivity contribution in [1.29, 1.82) is 0 Å². The fraction of sp³-hybridized carbons (Fsp3) is 0.278. The minimum atomic E-state index is -0.255. The number of rotatable bonds is 6. The summed E-state index contributed by atoms with van der Waals surface area (Å²) >= 11 is 1.60. The third kappa shape index (κ3) is 4.81. The van der Waals surface area contributed by atoms with Gasteiger partial charge < -0.3 is 5.32 Å². The molecular formula is C18H21FN2OS. The molecule has 3 nitrogen and oxygen atoms in total. The van der Waals surface area contributed by atoms with Crippen LogP contribution in [-0.4, -0.2) is 30.7 Å². The van der Waals surface area contributed by atoms with Crippen molar-refractivity contribution in [2.45, 2.75) is 17.9 Å². The van der Waals surface area contributed by atoms with Crippen molar-refractivity contribution < 1.29 is 9.18 Å². The molecule has 0 spiro atoms. The van der Waals surface area contributed by atoms with E-state index in [9.17, 15) is 9.18 Å². The SMILES string of the molecule is CSc1ccccc1NC(=O)CN(C)C(C)c1ccc(F)cc1. The Morgan fingerprint density at radius 3 is 2.52 bits per heavy atom. The average Bonchev–Trinajstić information content (AvgIpc) is 2.55. The Morgan fingerprint density at radius 2 is 1.87 bits per heavy atom. The maximum Gasteiger partial charge on any atom is 0.238 e. The number of likely N-dealkylation sites (N-methyl/N-ethyl adjacent to an activating group) is 1. The Balaban J connectivity index is 1.97. The van der Waals surface area contributed by atoms with E-state index in [0.717, 1.165) is 16.1 Å². The lowest BCUT2D eigenvalue weighted by Crippen LogP contribution is -2.32. The second-order valence-electron chi connectivity index (χ2n) is 5.39. The van der Waals surface area contributed by atoms with Crippen molar-refractivity contribution in [2.24, 2.45) is 0 Å². The smallest absolute Gasteiger partial charge is 0.238 e. The molecular weight excluding hydrogens is 311 g/mol. The molecule has 0 saturated heterocycles. The lowest BCUT2D eigenvalue weighted by Gasteiger charge is -2.24. The number of carbonyl (C=O) groups excluding carboxylic acids is 1. The number of halogens is 1. The van der Waals surface area contributed by atoms with Gasteiger partial charge in [0.25, 0.3) is 0 Å². The van der Waals surface area contributed by atoms with E-state index in [1.54, 1.807) is 23.9 Å². The Kier molecular flexibility index (Phi) is 6.19. The van der Waals surface area contributed by atoms with Crippen LogP contribution in [0.1, 0.15) is 18.5 Å². The molecule has 122 valence electrons. The molecule has 0 aliphatic rings. The highest BCUT2D eigenvalue weighted by atomic mass is 32.2. The van der Waals surface area contributed by atoms with E-state index in [2.05, 4.69) is 5.32 Å². The molecule has 0 saturated carbocycles. The van der Waals surface area contributed by atoms with Crippen LogP contribution in [0.5, 0.6) is 0 Å². The molecule has 0 radical (unpaired) electrons. The van der Waals surface area contributed by atoms with Crippen LogP contribution in [0.15, 0.2) is 53.4 Å². The third-order valence-corrected chi connectivity index (χ3v) is 4.58. The van der Waals surface area contributed by atoms with Gasteiger partial charge in [-0.05, 0) is 50.1 Å². The summed E-state index contributed by atoms with van der Waals surface area (Å²) in [5.74, 6) is -0.321. The molecule has 1 N–H and O–H groups in total. The predicted octanol–water partition coefficient (Wildman–Crippen LogP) is 4.18. The summed E-state index contributed by atoms with van der Waals surface area (Å²) in [6.07, 6.45) is 1.98. The first-order valence-electron chi connectivity index (χ1n) is 7.40. The van der Waals surface area contributed by atoms with Crippen LogP contribution < -0.4 is 5.32 Å². The Bertz CT molecular complexity index is 660. The lowest BCUT2D eigenvalue weighted by molar-refractivity contribution is -0.117. The van der Waals surface area contributed by atoms with Gasteiger partial charge in [0.05, 0.1) is 12.2 Å². The lowest BCUT2D eigenvalue weighted by atomic mass is 10.1. The van der Waals surface area contributed by atoms with Crippen LogP contribution in [0.25, 0.3) is 0 Å². The van der Waals surface area contributed by atoms with Crippen molar-refractivity contribution >= 4 is 23.4 Å². The maximum absolute atomic E-state index is 13.0. The molecule has 1 amide bonds. The molecule has 2 aromatic carbocycles. The van der Waals surface area contributed by atoms with E-state index >= 15 is 0 Å². The Labute approximate surface area is 140 Å². The molecule has 0 heterocycles. The minimum Gasteiger partial charge on any atom is -0.324 e. The van der Waals surface area contributed by atoms with Crippen molar-refractivity contribution in [3.05, 3.63) is 59.9 Å². The molecule has 23 heavy (non-hydrogen) atoms. The van der Waals surface area contributed by atoms with E-state index in [1.807, 2.05) is 49.4 Å². The first-order valence-corrected chi connectivity index (χ1v) is 8.62. The number of benzene rings is 2. The highest BCUT2D eigenvalue weighted by Gasteiger charge is 2.15. The average molecular weight is 332 g/mol. The molecule has 2 aromatic rings. The largest absolute Gasteiger partial charge is 0.324 e. The van der Waals surface area contributed by atoms with Gasteiger partial charge in [-0.2, -0.15) is 0 Å². The van der Waals surface area contributed by atoms with Crippen LogP contribution in [0.3, 0.4) is 0 Å². The van der Waals surface area contributed by atoms with Gasteiger partial charge in [0, 0.05) is 10.9 Å². The van der Waals surface area contributed by atoms with Crippen LogP contribution in [0.4, 0.5) is 10.1 Å². The first-order chi connectivity index (χ1) is 11.0. The summed E-state index contributed by atoms with van der Waals surface area (Å²) in [6, 6.07) is 14.1. The Hall–Kier alpha value is -1.85. The van der Waals surface area contributed by atoms with Gasteiger partial charge in [-0.25, -0.2) is 4.39 Å². The van der Waals surface area contributed by atoms with E-state index in [4.69, 9.17) is 0 Å². The fourth-order valence-electron chi connectivity index (χ4n) is 2.30. The summed E-state index contributed by atoms with van der Waals surface area (Å²) < 4.78 is 13.0. The number of nitrogens with one attached hydrogen (secondary N) is 1. The Morgan fingerprint density at radius 1 is 1.22 bits per heavy atom. The molecule has 1 unspecified atom stereocenters. The van der Waals surface area contributed by atoms with E-state index < -0.39 is 0 Å². The number of hydrogen-bond donors (Lipinski definition) is 1. The monoisotopic (exact) mass is 332 g/mol. The topological polar surface area (TPSA) is 32.3 Å². The highest BCUT2D eigenvalue weighted by molar-refractivity contribution is 7.98. The zero-order chi connectivity index (χ0) is 16.8. The van der Waals surface area contributed by atoms with Gasteiger partial charge in [-0.3, -0.25) is 9.69 Å². The second kappa shape index (κ2) is 8.13. The molecule has 0 fully saturated rings. The molecule has 0 aliphatic carbocycles. The molecule has 1 atom stereocenters. The number of amides is 1. The standard InChI is InChI=1S/C18H21FN2OS/c1-13(14-8-10-15(19)11-9-14)21(2)12-18(22)20-16-6-4-5-7-17(16)23-3/h4-11,13H,12H2,1-3H3,(H,20,22). The quantitative estimate of drug-likeness (QED) is 0.806. The van der Waals surface area contributed by atoms with Gasteiger partial charge in [0.15, 0.2) is 0 Å². The minimum absolute atomic E-state index is 0.0251. The number of anilines is 1. The normalized spacial score (nSPS) is 12.2. The summed E-state index contributed by atoms with van der Waals surface area (Å²) in [6.45, 7) is 2.26. The van der Waals surface area contributed by atoms with Gasteiger partial charge in [0.2, 0.25) is 5.91 Å². The van der Waals surface area contributed by atoms with Crippen molar-refractivity contribution in [1.82, 2.24) is 4.90 Å². The highest BCUT2D eigenvalue weighted by Crippen LogP contribution is 2.25. The summed E-state index contributed by atoms with van der Waals surface area (Å²) in [7, 11) is 1.88. The molecule has 5 heteroatoms. The van der Waals surface area contributed by atoms with Crippen molar-refractivity contribution in [3.8, 4) is 0 Å². The van der Waals surface area contributed by atoms with Crippen molar-refractivity contribution in [3.63, 3.8) is 0 Å². The third-order valence-electron chi connectivity index (χ3n) is 3.79. The molecule has 0 bridgehead atoms. The number of thioether (sulfide) groups is 1. The van der Waals surface area contributed by atoms with Crippen molar-refractivity contribution in [2.75, 3.05) is 25.2 Å². The van der Waals surface area contributed by atoms with Gasteiger partial charge >= 0.3 is 0 Å². The fourth-order valence-corrected chi connectivity index (χ4v) is 2.85. The molecule has 0 aliphatic heterocycles. The zero-order valence-corrected chi connectivity index (χ0v) is 14.4. The number of nitrogens with zero attached hydrogens (tertiary/aromatic N) is 1. The van der Waals surface area contributed by atoms with Crippen LogP contribution in [0, 0.1) is 5.82 Å². The molecule has 0 aromatic heterocycles. The van der Waals surface area contributed by atoms with E-state index in [1.165, 1.54) is 12.1 Å². The van der Waals surface area contributed by atoms with Gasteiger partial charge in [-0.1, -0.05) is 24.3 Å². The van der Waals surface area contributed by atoms with Gasteiger partial charge in [-0.15, -0.1) is 11.8 Å².